The maximum atomic E-state index is 13.1. The second-order valence-corrected chi connectivity index (χ2v) is 11.7. The van der Waals surface area contributed by atoms with E-state index in [4.69, 9.17) is 4.74 Å². The lowest BCUT2D eigenvalue weighted by Crippen LogP contribution is -2.41. The highest BCUT2D eigenvalue weighted by atomic mass is 32.2. The number of sulfonamides is 1. The van der Waals surface area contributed by atoms with E-state index in [0.29, 0.717) is 24.3 Å². The highest BCUT2D eigenvalue weighted by Gasteiger charge is 2.33. The van der Waals surface area contributed by atoms with E-state index in [9.17, 15) is 18.0 Å². The zero-order valence-corrected chi connectivity index (χ0v) is 20.5. The molecule has 1 aromatic carbocycles. The van der Waals surface area contributed by atoms with E-state index < -0.39 is 21.9 Å². The molecule has 178 valence electrons. The smallest absolute Gasteiger partial charge is 0.309 e. The lowest BCUT2D eigenvalue weighted by molar-refractivity contribution is -0.156. The first kappa shape index (κ1) is 23.9. The van der Waals surface area contributed by atoms with Gasteiger partial charge in [0, 0.05) is 25.0 Å². The maximum absolute atomic E-state index is 13.1. The van der Waals surface area contributed by atoms with Gasteiger partial charge in [-0.25, -0.2) is 8.42 Å². The minimum absolute atomic E-state index is 0.260. The number of rotatable bonds is 7. The largest absolute Gasteiger partial charge is 0.455 e. The number of nitrogens with zero attached hydrogens (tertiary/aromatic N) is 2. The van der Waals surface area contributed by atoms with Crippen molar-refractivity contribution < 1.29 is 22.7 Å². The second kappa shape index (κ2) is 10.4. The van der Waals surface area contributed by atoms with Crippen molar-refractivity contribution in [3.8, 4) is 0 Å². The van der Waals surface area contributed by atoms with Crippen LogP contribution in [0.3, 0.4) is 0 Å². The molecular formula is C24H30N2O5S2. The summed E-state index contributed by atoms with van der Waals surface area (Å²) in [4.78, 5) is 27.7. The van der Waals surface area contributed by atoms with Gasteiger partial charge < -0.3 is 9.64 Å². The average Bonchev–Trinajstić information content (AvgIpc) is 3.35. The van der Waals surface area contributed by atoms with Gasteiger partial charge in [0.1, 0.15) is 0 Å². The Kier molecular flexibility index (Phi) is 7.51. The topological polar surface area (TPSA) is 84.0 Å². The van der Waals surface area contributed by atoms with Crippen molar-refractivity contribution in [2.45, 2.75) is 50.0 Å². The Morgan fingerprint density at radius 2 is 1.85 bits per heavy atom. The number of fused-ring (bicyclic) bond motifs is 1. The van der Waals surface area contributed by atoms with Crippen LogP contribution in [0.5, 0.6) is 0 Å². The van der Waals surface area contributed by atoms with Crippen molar-refractivity contribution in [2.75, 3.05) is 26.7 Å². The van der Waals surface area contributed by atoms with Crippen LogP contribution in [0.1, 0.15) is 41.7 Å². The van der Waals surface area contributed by atoms with Crippen molar-refractivity contribution in [3.63, 3.8) is 0 Å². The van der Waals surface area contributed by atoms with Crippen LogP contribution in [0.25, 0.3) is 0 Å². The SMILES string of the molecule is CN(Cc1cccs1)C(=O)COC(=O)C1CCN(S(=O)(=O)c2ccc3c(c2)CCCC3)CC1. The standard InChI is InChI=1S/C24H30N2O5S2/c1-25(16-21-7-4-14-32-21)23(27)17-31-24(28)19-10-12-26(13-11-19)33(29,30)22-9-8-18-5-2-3-6-20(18)15-22/h4,7-9,14-15,19H,2-3,5-6,10-13,16-17H2,1H3. The Morgan fingerprint density at radius 3 is 2.55 bits per heavy atom. The minimum atomic E-state index is -3.59. The molecule has 0 atom stereocenters. The molecule has 0 bridgehead atoms. The molecule has 9 heteroatoms. The molecule has 0 spiro atoms. The first-order chi connectivity index (χ1) is 15.8. The molecule has 0 unspecified atom stereocenters. The summed E-state index contributed by atoms with van der Waals surface area (Å²) in [5.74, 6) is -1.08. The molecule has 2 aliphatic rings. The number of likely N-dealkylation sites (N-methyl/N-ethyl adjacent to an activating group) is 1. The van der Waals surface area contributed by atoms with Crippen LogP contribution in [0.15, 0.2) is 40.6 Å². The van der Waals surface area contributed by atoms with Gasteiger partial charge in [0.2, 0.25) is 10.0 Å². The predicted octanol–water partition coefficient (Wildman–Crippen LogP) is 3.23. The maximum Gasteiger partial charge on any atom is 0.309 e. The molecule has 0 saturated carbocycles. The number of hydrogen-bond donors (Lipinski definition) is 0. The Hall–Kier alpha value is -2.23. The molecule has 1 aromatic heterocycles. The number of benzene rings is 1. The third-order valence-corrected chi connectivity index (χ3v) is 9.24. The Balaban J connectivity index is 1.27. The Morgan fingerprint density at radius 1 is 1.12 bits per heavy atom. The van der Waals surface area contributed by atoms with Crippen molar-refractivity contribution >= 4 is 33.2 Å². The zero-order chi connectivity index (χ0) is 23.4. The number of hydrogen-bond acceptors (Lipinski definition) is 6. The van der Waals surface area contributed by atoms with Gasteiger partial charge in [-0.1, -0.05) is 12.1 Å². The number of piperidine rings is 1. The van der Waals surface area contributed by atoms with Crippen LogP contribution in [-0.2, 0) is 43.7 Å². The monoisotopic (exact) mass is 490 g/mol. The van der Waals surface area contributed by atoms with E-state index in [2.05, 4.69) is 0 Å². The molecule has 0 radical (unpaired) electrons. The number of thiophene rings is 1. The van der Waals surface area contributed by atoms with E-state index >= 15 is 0 Å². The second-order valence-electron chi connectivity index (χ2n) is 8.75. The van der Waals surface area contributed by atoms with Crippen LogP contribution < -0.4 is 0 Å². The third-order valence-electron chi connectivity index (χ3n) is 6.48. The lowest BCUT2D eigenvalue weighted by Gasteiger charge is -2.30. The summed E-state index contributed by atoms with van der Waals surface area (Å²) in [6.07, 6.45) is 4.96. The summed E-state index contributed by atoms with van der Waals surface area (Å²) in [6.45, 7) is 0.720. The van der Waals surface area contributed by atoms with Gasteiger partial charge >= 0.3 is 5.97 Å². The Bertz CT molecular complexity index is 1090. The number of aryl methyl sites for hydroxylation is 2. The Labute approximate surface area is 199 Å². The number of carbonyl (C=O) groups excluding carboxylic acids is 2. The molecule has 2 aromatic rings. The van der Waals surface area contributed by atoms with Gasteiger partial charge in [-0.3, -0.25) is 9.59 Å². The predicted molar refractivity (Wildman–Crippen MR) is 126 cm³/mol. The number of esters is 1. The lowest BCUT2D eigenvalue weighted by atomic mass is 9.92. The van der Waals surface area contributed by atoms with E-state index in [-0.39, 0.29) is 25.6 Å². The van der Waals surface area contributed by atoms with Crippen LogP contribution in [-0.4, -0.2) is 56.2 Å². The fraction of sp³-hybridized carbons (Fsp3) is 0.500. The molecule has 1 fully saturated rings. The zero-order valence-electron chi connectivity index (χ0n) is 18.9. The van der Waals surface area contributed by atoms with E-state index in [0.717, 1.165) is 36.1 Å². The first-order valence-electron chi connectivity index (χ1n) is 11.4. The molecule has 33 heavy (non-hydrogen) atoms. The summed E-state index contributed by atoms with van der Waals surface area (Å²) < 4.78 is 33.0. The molecule has 1 amide bonds. The molecule has 1 aliphatic heterocycles. The van der Waals surface area contributed by atoms with Crippen LogP contribution >= 0.6 is 11.3 Å². The number of amides is 1. The summed E-state index contributed by atoms with van der Waals surface area (Å²) in [7, 11) is -1.90. The van der Waals surface area contributed by atoms with Gasteiger partial charge in [0.25, 0.3) is 5.91 Å². The fourth-order valence-electron chi connectivity index (χ4n) is 4.44. The minimum Gasteiger partial charge on any atom is -0.455 e. The van der Waals surface area contributed by atoms with Gasteiger partial charge in [-0.15, -0.1) is 11.3 Å². The summed E-state index contributed by atoms with van der Waals surface area (Å²) in [6, 6.07) is 9.35. The van der Waals surface area contributed by atoms with Gasteiger partial charge in [-0.2, -0.15) is 4.31 Å². The molecule has 7 nitrogen and oxygen atoms in total. The third kappa shape index (κ3) is 5.65. The average molecular weight is 491 g/mol. The summed E-state index contributed by atoms with van der Waals surface area (Å²) in [5, 5.41) is 1.95. The van der Waals surface area contributed by atoms with Crippen LogP contribution in [0.4, 0.5) is 0 Å². The van der Waals surface area contributed by atoms with Gasteiger partial charge in [0.05, 0.1) is 17.4 Å². The van der Waals surface area contributed by atoms with Crippen LogP contribution in [0.2, 0.25) is 0 Å². The summed E-state index contributed by atoms with van der Waals surface area (Å²) in [5.41, 5.74) is 2.38. The van der Waals surface area contributed by atoms with Crippen molar-refractivity contribution in [2.24, 2.45) is 5.92 Å². The molecular weight excluding hydrogens is 460 g/mol. The summed E-state index contributed by atoms with van der Waals surface area (Å²) >= 11 is 1.57. The molecule has 1 saturated heterocycles. The van der Waals surface area contributed by atoms with Gasteiger partial charge in [-0.05, 0) is 73.2 Å². The quantitative estimate of drug-likeness (QED) is 0.557. The van der Waals surface area contributed by atoms with Crippen molar-refractivity contribution in [3.05, 3.63) is 51.7 Å². The van der Waals surface area contributed by atoms with Crippen LogP contribution in [0, 0.1) is 5.92 Å². The molecule has 4 rings (SSSR count). The first-order valence-corrected chi connectivity index (χ1v) is 13.7. The number of ether oxygens (including phenoxy) is 1. The van der Waals surface area contributed by atoms with E-state index in [1.807, 2.05) is 29.6 Å². The fourth-order valence-corrected chi connectivity index (χ4v) is 6.71. The highest BCUT2D eigenvalue weighted by Crippen LogP contribution is 2.28. The molecule has 1 aliphatic carbocycles. The normalized spacial score (nSPS) is 17.4. The number of carbonyl (C=O) groups is 2. The van der Waals surface area contributed by atoms with Crippen molar-refractivity contribution in [1.29, 1.82) is 0 Å². The van der Waals surface area contributed by atoms with E-state index in [1.165, 1.54) is 14.8 Å². The van der Waals surface area contributed by atoms with Crippen molar-refractivity contribution in [1.82, 2.24) is 9.21 Å². The van der Waals surface area contributed by atoms with Gasteiger partial charge in [0.15, 0.2) is 6.61 Å². The molecule has 2 heterocycles. The highest BCUT2D eigenvalue weighted by molar-refractivity contribution is 7.89. The van der Waals surface area contributed by atoms with E-state index in [1.54, 1.807) is 24.5 Å². The molecule has 0 N–H and O–H groups in total.